The van der Waals surface area contributed by atoms with Crippen molar-refractivity contribution in [2.24, 2.45) is 0 Å². The van der Waals surface area contributed by atoms with Crippen LogP contribution in [0.3, 0.4) is 0 Å². The van der Waals surface area contributed by atoms with Crippen LogP contribution in [0.25, 0.3) is 72.4 Å². The number of hydrogen-bond donors (Lipinski definition) is 0. The zero-order valence-corrected chi connectivity index (χ0v) is 27.6. The summed E-state index contributed by atoms with van der Waals surface area (Å²) in [5.41, 5.74) is 8.67. The second-order valence-electron chi connectivity index (χ2n) is 13.1. The van der Waals surface area contributed by atoms with Crippen molar-refractivity contribution in [3.05, 3.63) is 187 Å². The Morgan fingerprint density at radius 3 is 1.73 bits per heavy atom. The minimum atomic E-state index is -0.128. The van der Waals surface area contributed by atoms with E-state index in [1.165, 1.54) is 38.2 Å². The number of benzene rings is 7. The van der Waals surface area contributed by atoms with E-state index in [-0.39, 0.29) is 12.0 Å². The van der Waals surface area contributed by atoms with Crippen LogP contribution in [0.1, 0.15) is 17.0 Å². The Balaban J connectivity index is 1.05. The number of fused-ring (bicyclic) bond motifs is 5. The first-order valence-corrected chi connectivity index (χ1v) is 17.3. The second-order valence-corrected chi connectivity index (χ2v) is 13.1. The summed E-state index contributed by atoms with van der Waals surface area (Å²) in [5.74, 6) is 2.81. The van der Waals surface area contributed by atoms with Crippen LogP contribution in [0.4, 0.5) is 0 Å². The lowest BCUT2D eigenvalue weighted by Crippen LogP contribution is -2.17. The quantitative estimate of drug-likeness (QED) is 0.185. The van der Waals surface area contributed by atoms with Gasteiger partial charge < -0.3 is 4.74 Å². The minimum absolute atomic E-state index is 0.0373. The van der Waals surface area contributed by atoms with Crippen molar-refractivity contribution in [1.29, 1.82) is 0 Å². The summed E-state index contributed by atoms with van der Waals surface area (Å²) in [4.78, 5) is 15.3. The third kappa shape index (κ3) is 5.12. The van der Waals surface area contributed by atoms with Gasteiger partial charge in [-0.2, -0.15) is 0 Å². The van der Waals surface area contributed by atoms with E-state index in [2.05, 4.69) is 140 Å². The molecule has 0 saturated heterocycles. The van der Waals surface area contributed by atoms with Crippen LogP contribution in [0, 0.1) is 0 Å². The first-order chi connectivity index (χ1) is 25.3. The van der Waals surface area contributed by atoms with Crippen molar-refractivity contribution in [2.45, 2.75) is 12.0 Å². The van der Waals surface area contributed by atoms with Gasteiger partial charge in [-0.25, -0.2) is 15.0 Å². The van der Waals surface area contributed by atoms with Gasteiger partial charge in [0.15, 0.2) is 17.5 Å². The maximum Gasteiger partial charge on any atom is 0.164 e. The van der Waals surface area contributed by atoms with E-state index >= 15 is 0 Å². The Kier molecular flexibility index (Phi) is 6.91. The van der Waals surface area contributed by atoms with E-state index in [9.17, 15) is 0 Å². The lowest BCUT2D eigenvalue weighted by Gasteiger charge is -2.20. The maximum atomic E-state index is 6.65. The second kappa shape index (κ2) is 12.0. The monoisotopic (exact) mass is 653 g/mol. The van der Waals surface area contributed by atoms with Crippen molar-refractivity contribution < 1.29 is 4.74 Å². The van der Waals surface area contributed by atoms with Gasteiger partial charge in [-0.3, -0.25) is 0 Å². The molecule has 0 N–H and O–H groups in total. The molecule has 240 valence electrons. The van der Waals surface area contributed by atoms with E-state index in [0.717, 1.165) is 33.6 Å². The van der Waals surface area contributed by atoms with Crippen LogP contribution in [0.15, 0.2) is 176 Å². The van der Waals surface area contributed by atoms with Crippen molar-refractivity contribution >= 4 is 27.1 Å². The molecule has 0 amide bonds. The van der Waals surface area contributed by atoms with Gasteiger partial charge in [0.1, 0.15) is 11.9 Å². The van der Waals surface area contributed by atoms with E-state index in [4.69, 9.17) is 19.7 Å². The summed E-state index contributed by atoms with van der Waals surface area (Å²) in [5, 5.41) is 4.92. The molecule has 0 bridgehead atoms. The van der Waals surface area contributed by atoms with Gasteiger partial charge in [0.05, 0.1) is 0 Å². The van der Waals surface area contributed by atoms with Crippen LogP contribution >= 0.6 is 0 Å². The van der Waals surface area contributed by atoms with Crippen LogP contribution < -0.4 is 4.74 Å². The molecule has 2 unspecified atom stereocenters. The van der Waals surface area contributed by atoms with E-state index in [1.807, 2.05) is 36.4 Å². The highest BCUT2D eigenvalue weighted by Gasteiger charge is 2.36. The third-order valence-electron chi connectivity index (χ3n) is 10.1. The Bertz CT molecular complexity index is 2670. The molecule has 8 aromatic rings. The molecule has 1 aromatic heterocycles. The fourth-order valence-corrected chi connectivity index (χ4v) is 7.63. The number of nitrogens with zero attached hydrogens (tertiary/aromatic N) is 3. The van der Waals surface area contributed by atoms with Crippen molar-refractivity contribution in [3.8, 4) is 51.0 Å². The number of aromatic nitrogens is 3. The van der Waals surface area contributed by atoms with Gasteiger partial charge in [-0.1, -0.05) is 164 Å². The SMILES string of the molecule is C1=CC2c3c(cccc3-c3nc(-c4ccccc4)nc(-c4ccc(-c5cccc6ccccc56)cc4)n3)OC2C=C1c1cccc2ccccc12. The van der Waals surface area contributed by atoms with Crippen molar-refractivity contribution in [2.75, 3.05) is 0 Å². The molecule has 2 heterocycles. The van der Waals surface area contributed by atoms with Gasteiger partial charge in [0, 0.05) is 28.2 Å². The largest absolute Gasteiger partial charge is 0.485 e. The van der Waals surface area contributed by atoms with Gasteiger partial charge in [-0.15, -0.1) is 0 Å². The van der Waals surface area contributed by atoms with Gasteiger partial charge in [0.25, 0.3) is 0 Å². The zero-order valence-electron chi connectivity index (χ0n) is 27.6. The maximum absolute atomic E-state index is 6.65. The topological polar surface area (TPSA) is 47.9 Å². The van der Waals surface area contributed by atoms with E-state index in [1.54, 1.807) is 0 Å². The normalized spacial score (nSPS) is 16.0. The van der Waals surface area contributed by atoms with Crippen LogP contribution in [-0.4, -0.2) is 21.1 Å². The molecule has 7 aromatic carbocycles. The fourth-order valence-electron chi connectivity index (χ4n) is 7.63. The lowest BCUT2D eigenvalue weighted by molar-refractivity contribution is 0.269. The summed E-state index contributed by atoms with van der Waals surface area (Å²) >= 11 is 0. The predicted octanol–water partition coefficient (Wildman–Crippen LogP) is 11.3. The molecule has 51 heavy (non-hydrogen) atoms. The van der Waals surface area contributed by atoms with Crippen molar-refractivity contribution in [1.82, 2.24) is 15.0 Å². The molecular weight excluding hydrogens is 623 g/mol. The molecule has 0 spiro atoms. The van der Waals surface area contributed by atoms with Gasteiger partial charge in [-0.05, 0) is 56.0 Å². The average Bonchev–Trinajstić information content (AvgIpc) is 3.59. The third-order valence-corrected chi connectivity index (χ3v) is 10.1. The van der Waals surface area contributed by atoms with Crippen LogP contribution in [0.2, 0.25) is 0 Å². The molecule has 0 radical (unpaired) electrons. The highest BCUT2D eigenvalue weighted by Crippen LogP contribution is 2.48. The molecule has 0 saturated carbocycles. The first-order valence-electron chi connectivity index (χ1n) is 17.3. The fraction of sp³-hybridized carbons (Fsp3) is 0.0426. The molecule has 4 heteroatoms. The van der Waals surface area contributed by atoms with Gasteiger partial charge in [0.2, 0.25) is 0 Å². The van der Waals surface area contributed by atoms with E-state index < -0.39 is 0 Å². The number of hydrogen-bond acceptors (Lipinski definition) is 4. The van der Waals surface area contributed by atoms with Crippen molar-refractivity contribution in [3.63, 3.8) is 0 Å². The zero-order chi connectivity index (χ0) is 33.7. The van der Waals surface area contributed by atoms with Gasteiger partial charge >= 0.3 is 0 Å². The molecule has 4 nitrogen and oxygen atoms in total. The molecule has 2 aliphatic rings. The molecule has 0 fully saturated rings. The molecule has 10 rings (SSSR count). The number of allylic oxidation sites excluding steroid dienone is 2. The predicted molar refractivity (Wildman–Crippen MR) is 207 cm³/mol. The first kappa shape index (κ1) is 29.3. The summed E-state index contributed by atoms with van der Waals surface area (Å²) in [6.07, 6.45) is 6.66. The standard InChI is InChI=1S/C47H31N3O/c1-2-13-33(14-3-1)45-48-46(34-25-23-32(24-26-34)38-19-8-15-30-11-4-6-17-36(30)38)50-47(49-45)41-21-10-22-42-44(41)40-28-27-35(29-43(40)51-42)39-20-9-16-31-12-5-7-18-37(31)39/h1-29,40,43H. The van der Waals surface area contributed by atoms with Crippen LogP contribution in [0.5, 0.6) is 5.75 Å². The molecule has 1 aliphatic carbocycles. The Morgan fingerprint density at radius 2 is 0.980 bits per heavy atom. The average molecular weight is 654 g/mol. The minimum Gasteiger partial charge on any atom is -0.485 e. The Labute approximate surface area is 296 Å². The highest BCUT2D eigenvalue weighted by atomic mass is 16.5. The summed E-state index contributed by atoms with van der Waals surface area (Å²) in [7, 11) is 0. The number of ether oxygens (including phenoxy) is 1. The molecule has 1 aliphatic heterocycles. The lowest BCUT2D eigenvalue weighted by atomic mass is 9.84. The summed E-state index contributed by atoms with van der Waals surface area (Å²) in [6, 6.07) is 54.9. The Morgan fingerprint density at radius 1 is 0.431 bits per heavy atom. The van der Waals surface area contributed by atoms with Crippen LogP contribution in [-0.2, 0) is 0 Å². The molecule has 2 atom stereocenters. The van der Waals surface area contributed by atoms with E-state index in [0.29, 0.717) is 17.5 Å². The number of rotatable bonds is 5. The Hall–Kier alpha value is -6.65. The molecular formula is C47H31N3O. The highest BCUT2D eigenvalue weighted by molar-refractivity contribution is 5.98. The summed E-state index contributed by atoms with van der Waals surface area (Å²) in [6.45, 7) is 0. The summed E-state index contributed by atoms with van der Waals surface area (Å²) < 4.78 is 6.65. The smallest absolute Gasteiger partial charge is 0.164 e.